The van der Waals surface area contributed by atoms with E-state index in [0.717, 1.165) is 99.8 Å². The van der Waals surface area contributed by atoms with E-state index in [9.17, 15) is 0 Å². The first-order chi connectivity index (χ1) is 70.3. The smallest absolute Gasteiger partial charge is 0.196 e. The number of hydrogen-bond donors (Lipinski definition) is 8. The summed E-state index contributed by atoms with van der Waals surface area (Å²) in [7, 11) is 0. The third kappa shape index (κ3) is 52.4. The molecule has 0 aliphatic carbocycles. The lowest BCUT2D eigenvalue weighted by molar-refractivity contribution is -0.0613. The molecule has 14 rings (SSSR count). The van der Waals surface area contributed by atoms with Crippen molar-refractivity contribution in [2.45, 2.75) is 349 Å². The summed E-state index contributed by atoms with van der Waals surface area (Å²) in [5, 5.41) is 63.8. The third-order valence-electron chi connectivity index (χ3n) is 25.3. The fourth-order valence-corrected chi connectivity index (χ4v) is 21.7. The molecule has 4 heterocycles. The molecular formula is C120H164N8O7S12. The van der Waals surface area contributed by atoms with Crippen molar-refractivity contribution in [1.29, 1.82) is 0 Å². The number of phenols is 4. The van der Waals surface area contributed by atoms with E-state index in [0.29, 0.717) is 88.8 Å². The van der Waals surface area contributed by atoms with E-state index < -0.39 is 0 Å². The number of nitrogens with one attached hydrogen (secondary N) is 4. The Kier molecular flexibility index (Phi) is 63.2. The molecule has 798 valence electrons. The molecule has 0 spiro atoms. The highest BCUT2D eigenvalue weighted by Crippen LogP contribution is 2.35. The van der Waals surface area contributed by atoms with Gasteiger partial charge >= 0.3 is 0 Å². The van der Waals surface area contributed by atoms with E-state index in [1.165, 1.54) is 155 Å². The number of aromatic nitrogens is 8. The van der Waals surface area contributed by atoms with E-state index in [1.54, 1.807) is 95.6 Å². The lowest BCUT2D eigenvalue weighted by Crippen LogP contribution is -2.22. The lowest BCUT2D eigenvalue weighted by atomic mass is 9.98. The van der Waals surface area contributed by atoms with Crippen LogP contribution in [0.15, 0.2) is 260 Å². The van der Waals surface area contributed by atoms with E-state index in [1.807, 2.05) is 74.5 Å². The maximum absolute atomic E-state index is 9.01. The monoisotopic (exact) mass is 2210 g/mol. The predicted molar refractivity (Wildman–Crippen MR) is 648 cm³/mol. The minimum Gasteiger partial charge on any atom is -0.508 e. The first kappa shape index (κ1) is 129. The van der Waals surface area contributed by atoms with E-state index in [-0.39, 0.29) is 11.9 Å². The van der Waals surface area contributed by atoms with Crippen molar-refractivity contribution in [1.82, 2.24) is 40.8 Å². The van der Waals surface area contributed by atoms with Crippen LogP contribution in [-0.4, -0.2) is 79.7 Å². The first-order valence-corrected chi connectivity index (χ1v) is 60.5. The number of hydrogen-bond acceptors (Lipinski definition) is 23. The second kappa shape index (κ2) is 72.1. The van der Waals surface area contributed by atoms with Crippen LogP contribution in [0.1, 0.15) is 374 Å². The summed E-state index contributed by atoms with van der Waals surface area (Å²) in [6.45, 7) is 55.0. The van der Waals surface area contributed by atoms with Gasteiger partial charge in [-0.15, -0.1) is 0 Å². The molecule has 0 fully saturated rings. The zero-order valence-electron chi connectivity index (χ0n) is 91.3. The number of phenolic OH excluding ortho intramolecular Hbond substituents is 4. The van der Waals surface area contributed by atoms with Crippen molar-refractivity contribution in [2.75, 3.05) is 6.61 Å². The summed E-state index contributed by atoms with van der Waals surface area (Å²) in [4.78, 5) is 0. The normalized spacial score (nSPS) is 13.0. The second-order valence-electron chi connectivity index (χ2n) is 37.6. The zero-order valence-corrected chi connectivity index (χ0v) is 101. The van der Waals surface area contributed by atoms with E-state index in [4.69, 9.17) is 83.5 Å². The topological polar surface area (TPSA) is 223 Å². The average molecular weight is 2220 g/mol. The molecular weight excluding hydrogens is 2050 g/mol. The van der Waals surface area contributed by atoms with Crippen LogP contribution in [0, 0.1) is 15.8 Å². The summed E-state index contributed by atoms with van der Waals surface area (Å²) in [5.41, 5.74) is 18.8. The van der Waals surface area contributed by atoms with Gasteiger partial charge in [0.15, 0.2) is 39.5 Å². The summed E-state index contributed by atoms with van der Waals surface area (Å²) in [5.74, 6) is 13.1. The number of ether oxygens (including phenoxy) is 3. The summed E-state index contributed by atoms with van der Waals surface area (Å²) >= 11 is 33.1. The Bertz CT molecular complexity index is 5430. The number of H-pyrrole nitrogens is 4. The van der Waals surface area contributed by atoms with Crippen molar-refractivity contribution in [3.05, 3.63) is 336 Å². The predicted octanol–water partition coefficient (Wildman–Crippen LogP) is 40.0. The molecule has 11 atom stereocenters. The molecule has 14 aromatic rings. The summed E-state index contributed by atoms with van der Waals surface area (Å²) < 4.78 is 23.7. The molecule has 0 amide bonds. The van der Waals surface area contributed by atoms with Crippen LogP contribution in [0.5, 0.6) is 34.5 Å². The van der Waals surface area contributed by atoms with Gasteiger partial charge in [-0.05, 0) is 358 Å². The van der Waals surface area contributed by atoms with Gasteiger partial charge in [0.2, 0.25) is 0 Å². The fraction of sp³-hybridized carbons (Fsp3) is 0.433. The van der Waals surface area contributed by atoms with Gasteiger partial charge in [0, 0.05) is 29.6 Å². The quantitative estimate of drug-likeness (QED) is 0.0103. The van der Waals surface area contributed by atoms with E-state index >= 15 is 0 Å². The number of thioether (sulfide) groups is 4. The molecule has 0 aliphatic rings. The highest BCUT2D eigenvalue weighted by molar-refractivity contribution is 8.01. The second-order valence-corrected chi connectivity index (χ2v) is 49.1. The number of aromatic amines is 4. The van der Waals surface area contributed by atoms with Gasteiger partial charge in [0.05, 0.1) is 0 Å². The van der Waals surface area contributed by atoms with Gasteiger partial charge in [-0.25, -0.2) is 0 Å². The van der Waals surface area contributed by atoms with Crippen molar-refractivity contribution in [3.63, 3.8) is 0 Å². The van der Waals surface area contributed by atoms with Crippen molar-refractivity contribution in [3.8, 4) is 34.5 Å². The van der Waals surface area contributed by atoms with Crippen molar-refractivity contribution >= 4 is 141 Å². The van der Waals surface area contributed by atoms with Crippen molar-refractivity contribution < 1.29 is 34.6 Å². The Morgan fingerprint density at radius 1 is 0.259 bits per heavy atom. The minimum atomic E-state index is -0.181. The highest BCUT2D eigenvalue weighted by Gasteiger charge is 2.16. The lowest BCUT2D eigenvalue weighted by Gasteiger charge is -2.21. The van der Waals surface area contributed by atoms with Gasteiger partial charge in [0.1, 0.15) is 40.1 Å². The van der Waals surface area contributed by atoms with Gasteiger partial charge in [0.25, 0.3) is 0 Å². The fourth-order valence-electron chi connectivity index (χ4n) is 13.6. The summed E-state index contributed by atoms with van der Waals surface area (Å²) in [6, 6.07) is 82.0. The van der Waals surface area contributed by atoms with Crippen LogP contribution in [0.25, 0.3) is 0 Å². The minimum absolute atomic E-state index is 0.113. The van der Waals surface area contributed by atoms with Crippen LogP contribution in [0.3, 0.4) is 0 Å². The number of aromatic hydroxyl groups is 4. The molecule has 15 nitrogen and oxygen atoms in total. The van der Waals surface area contributed by atoms with Gasteiger partial charge in [-0.3, -0.25) is 20.4 Å². The van der Waals surface area contributed by atoms with Crippen LogP contribution in [0.2, 0.25) is 0 Å². The zero-order chi connectivity index (χ0) is 108. The molecule has 0 saturated heterocycles. The number of nitrogens with zero attached hydrogens (tertiary/aromatic N) is 4. The maximum Gasteiger partial charge on any atom is 0.196 e. The molecule has 0 bridgehead atoms. The number of rotatable bonds is 37. The molecule has 147 heavy (non-hydrogen) atoms. The molecule has 11 unspecified atom stereocenters. The molecule has 0 saturated carbocycles. The molecule has 0 aliphatic heterocycles. The Labute approximate surface area is 934 Å². The highest BCUT2D eigenvalue weighted by atomic mass is 32.2. The molecule has 27 heteroatoms. The Balaban J connectivity index is 0.000000289. The van der Waals surface area contributed by atoms with Crippen LogP contribution >= 0.6 is 141 Å². The Hall–Kier alpha value is -8.52. The van der Waals surface area contributed by atoms with E-state index in [2.05, 4.69) is 333 Å². The third-order valence-corrected chi connectivity index (χ3v) is 34.5. The Morgan fingerprint density at radius 2 is 0.422 bits per heavy atom. The standard InChI is InChI=1S/C14H22O2.C14H22O.4C13H16N2S3.4C10H14O/c1-5-11(3)13-7-9-14(10-8-13)16-12(4)15-6-2;1-6-11(2)12-7-9-13(10-8-12)15-14(3,4)5;4*1-3-9(2)11-6-4-10(5-7-11)8-17-13-15-14-12(16)18-13;4*1-3-8(2)9-4-6-10(11)7-5-9/h7-12H,5-6H2,1-4H3;7-11H,6H2,1-5H3;4*4-7,9H,3,8H2,1-2H3,(H,14,16);4*4-8,11H,3H2,1-2H3. The SMILES string of the molecule is CCC(C)c1ccc(CSc2n[nH]c(=S)s2)cc1.CCC(C)c1ccc(CSc2n[nH]c(=S)s2)cc1.CCC(C)c1ccc(CSc2n[nH]c(=S)s2)cc1.CCC(C)c1ccc(CSc2n[nH]c(=S)s2)cc1.CCC(C)c1ccc(O)cc1.CCC(C)c1ccc(O)cc1.CCC(C)c1ccc(O)cc1.CCC(C)c1ccc(O)cc1.CCC(C)c1ccc(OC(C)(C)C)cc1.CCOC(C)Oc1ccc(C(C)CC)cc1. The molecule has 8 N–H and O–H groups in total. The van der Waals surface area contributed by atoms with Gasteiger partial charge in [-0.1, -0.05) is 401 Å². The van der Waals surface area contributed by atoms with Crippen molar-refractivity contribution in [2.24, 2.45) is 0 Å². The molecule has 4 aromatic heterocycles. The Morgan fingerprint density at radius 3 is 0.571 bits per heavy atom. The molecule has 10 aromatic carbocycles. The molecule has 0 radical (unpaired) electrons. The van der Waals surface area contributed by atoms with Crippen LogP contribution in [-0.2, 0) is 27.7 Å². The first-order valence-electron chi connectivity index (χ1n) is 51.7. The maximum atomic E-state index is 9.01. The largest absolute Gasteiger partial charge is 0.508 e. The van der Waals surface area contributed by atoms with Gasteiger partial charge < -0.3 is 34.6 Å². The van der Waals surface area contributed by atoms with Gasteiger partial charge in [-0.2, -0.15) is 20.4 Å². The number of benzene rings is 10. The van der Waals surface area contributed by atoms with Crippen LogP contribution < -0.4 is 9.47 Å². The summed E-state index contributed by atoms with van der Waals surface area (Å²) in [6.07, 6.45) is 11.5. The average Bonchev–Trinajstić information content (AvgIpc) is 1.31. The van der Waals surface area contributed by atoms with Crippen LogP contribution in [0.4, 0.5) is 0 Å².